The molecule has 0 spiro atoms. The summed E-state index contributed by atoms with van der Waals surface area (Å²) in [6, 6.07) is 8.14. The number of aryl methyl sites for hydroxylation is 1. The van der Waals surface area contributed by atoms with Crippen molar-refractivity contribution < 1.29 is 9.59 Å². The Morgan fingerprint density at radius 2 is 1.77 bits per heavy atom. The van der Waals surface area contributed by atoms with Crippen LogP contribution >= 0.6 is 0 Å². The Balaban J connectivity index is 1.55. The molecule has 1 saturated carbocycles. The molecule has 3 rings (SSSR count). The van der Waals surface area contributed by atoms with Crippen molar-refractivity contribution in [2.24, 2.45) is 17.3 Å². The lowest BCUT2D eigenvalue weighted by Crippen LogP contribution is -2.42. The predicted molar refractivity (Wildman–Crippen MR) is 105 cm³/mol. The van der Waals surface area contributed by atoms with E-state index in [2.05, 4.69) is 26.1 Å². The van der Waals surface area contributed by atoms with Crippen LogP contribution in [0.3, 0.4) is 0 Å². The fraction of sp³-hybridized carbons (Fsp3) is 0.636. The summed E-state index contributed by atoms with van der Waals surface area (Å²) in [6.45, 7) is 9.42. The van der Waals surface area contributed by atoms with Gasteiger partial charge in [-0.2, -0.15) is 0 Å². The minimum Gasteiger partial charge on any atom is -0.353 e. The molecule has 1 aliphatic carbocycles. The third kappa shape index (κ3) is 4.11. The van der Waals surface area contributed by atoms with Crippen LogP contribution in [0.25, 0.3) is 0 Å². The molecule has 1 aromatic rings. The van der Waals surface area contributed by atoms with Gasteiger partial charge in [0.25, 0.3) is 0 Å². The monoisotopic (exact) mass is 356 g/mol. The highest BCUT2D eigenvalue weighted by Crippen LogP contribution is 2.38. The van der Waals surface area contributed by atoms with Crippen LogP contribution in [0, 0.1) is 24.2 Å². The lowest BCUT2D eigenvalue weighted by Gasteiger charge is -2.37. The van der Waals surface area contributed by atoms with Crippen LogP contribution in [-0.4, -0.2) is 24.4 Å². The number of carbonyl (C=O) groups excluding carboxylic acids is 2. The third-order valence-electron chi connectivity index (χ3n) is 6.20. The Kier molecular flexibility index (Phi) is 5.40. The molecule has 26 heavy (non-hydrogen) atoms. The van der Waals surface area contributed by atoms with Gasteiger partial charge in [-0.1, -0.05) is 39.0 Å². The summed E-state index contributed by atoms with van der Waals surface area (Å²) in [5.74, 6) is 0.604. The summed E-state index contributed by atoms with van der Waals surface area (Å²) in [4.78, 5) is 26.9. The van der Waals surface area contributed by atoms with Crippen molar-refractivity contribution in [3.05, 3.63) is 29.8 Å². The minimum absolute atomic E-state index is 0.0497. The molecular weight excluding hydrogens is 324 g/mol. The van der Waals surface area contributed by atoms with Crippen LogP contribution in [0.4, 0.5) is 5.69 Å². The first-order valence-electron chi connectivity index (χ1n) is 9.92. The number of carbonyl (C=O) groups is 2. The molecule has 1 N–H and O–H groups in total. The summed E-state index contributed by atoms with van der Waals surface area (Å²) < 4.78 is 0. The third-order valence-corrected chi connectivity index (χ3v) is 6.20. The molecule has 1 aliphatic heterocycles. The molecule has 0 radical (unpaired) electrons. The lowest BCUT2D eigenvalue weighted by molar-refractivity contribution is -0.127. The van der Waals surface area contributed by atoms with Crippen LogP contribution in [0.2, 0.25) is 0 Å². The maximum Gasteiger partial charge on any atom is 0.227 e. The van der Waals surface area contributed by atoms with Crippen LogP contribution in [0.5, 0.6) is 0 Å². The van der Waals surface area contributed by atoms with Gasteiger partial charge >= 0.3 is 0 Å². The molecule has 1 aromatic carbocycles. The first kappa shape index (κ1) is 18.9. The summed E-state index contributed by atoms with van der Waals surface area (Å²) in [6.07, 6.45) is 4.77. The molecule has 0 bridgehead atoms. The molecule has 4 heteroatoms. The molecule has 1 heterocycles. The van der Waals surface area contributed by atoms with Gasteiger partial charge in [-0.05, 0) is 55.6 Å². The highest BCUT2D eigenvalue weighted by molar-refractivity contribution is 6.00. The smallest absolute Gasteiger partial charge is 0.227 e. The number of nitrogens with zero attached hydrogens (tertiary/aromatic N) is 1. The zero-order chi connectivity index (χ0) is 18.9. The van der Waals surface area contributed by atoms with Crippen LogP contribution < -0.4 is 10.2 Å². The van der Waals surface area contributed by atoms with Crippen molar-refractivity contribution in [3.8, 4) is 0 Å². The molecule has 2 fully saturated rings. The highest BCUT2D eigenvalue weighted by atomic mass is 16.2. The topological polar surface area (TPSA) is 49.4 Å². The molecule has 0 aromatic heterocycles. The second kappa shape index (κ2) is 7.42. The van der Waals surface area contributed by atoms with E-state index >= 15 is 0 Å². The van der Waals surface area contributed by atoms with Crippen LogP contribution in [0.15, 0.2) is 24.3 Å². The highest BCUT2D eigenvalue weighted by Gasteiger charge is 2.37. The fourth-order valence-electron chi connectivity index (χ4n) is 4.41. The van der Waals surface area contributed by atoms with E-state index in [9.17, 15) is 9.59 Å². The molecule has 142 valence electrons. The van der Waals surface area contributed by atoms with Gasteiger partial charge in [0.15, 0.2) is 0 Å². The summed E-state index contributed by atoms with van der Waals surface area (Å²) in [5, 5.41) is 3.22. The van der Waals surface area contributed by atoms with E-state index in [4.69, 9.17) is 0 Å². The Bertz CT molecular complexity index is 669. The maximum absolute atomic E-state index is 12.7. The molecule has 1 saturated heterocycles. The van der Waals surface area contributed by atoms with Crippen molar-refractivity contribution in [2.75, 3.05) is 11.4 Å². The lowest BCUT2D eigenvalue weighted by atomic mass is 9.71. The van der Waals surface area contributed by atoms with Crippen LogP contribution in [0.1, 0.15) is 58.4 Å². The zero-order valence-electron chi connectivity index (χ0n) is 16.5. The van der Waals surface area contributed by atoms with E-state index in [-0.39, 0.29) is 23.8 Å². The number of amides is 2. The summed E-state index contributed by atoms with van der Waals surface area (Å²) >= 11 is 0. The predicted octanol–water partition coefficient (Wildman–Crippen LogP) is 4.07. The second-order valence-corrected chi connectivity index (χ2v) is 9.12. The van der Waals surface area contributed by atoms with Gasteiger partial charge in [0, 0.05) is 24.7 Å². The number of nitrogens with one attached hydrogen (secondary N) is 1. The van der Waals surface area contributed by atoms with Crippen molar-refractivity contribution in [1.82, 2.24) is 5.32 Å². The standard InChI is InChI=1S/C22H32N2O2/c1-15-7-5-6-8-19(15)24-14-16(13-20(24)25)21(26)23-18-11-9-17(10-12-18)22(2,3)4/h5-8,16-18H,9-14H2,1-4H3,(H,23,26)/t16-,17?,18?/m0/s1. The molecule has 2 aliphatic rings. The van der Waals surface area contributed by atoms with Gasteiger partial charge in [-0.3, -0.25) is 9.59 Å². The van der Waals surface area contributed by atoms with Gasteiger partial charge < -0.3 is 10.2 Å². The first-order chi connectivity index (χ1) is 12.3. The number of anilines is 1. The van der Waals surface area contributed by atoms with Gasteiger partial charge in [-0.25, -0.2) is 0 Å². The van der Waals surface area contributed by atoms with E-state index in [0.717, 1.165) is 30.0 Å². The van der Waals surface area contributed by atoms with Crippen molar-refractivity contribution in [2.45, 2.75) is 65.8 Å². The van der Waals surface area contributed by atoms with Gasteiger partial charge in [0.05, 0.1) is 5.92 Å². The molecule has 4 nitrogen and oxygen atoms in total. The first-order valence-corrected chi connectivity index (χ1v) is 9.92. The Morgan fingerprint density at radius 3 is 2.38 bits per heavy atom. The Hall–Kier alpha value is -1.84. The molecular formula is C22H32N2O2. The number of hydrogen-bond donors (Lipinski definition) is 1. The normalized spacial score (nSPS) is 26.8. The van der Waals surface area contributed by atoms with Crippen LogP contribution in [-0.2, 0) is 9.59 Å². The largest absolute Gasteiger partial charge is 0.353 e. The number of rotatable bonds is 3. The number of para-hydroxylation sites is 1. The van der Waals surface area contributed by atoms with E-state index in [1.165, 1.54) is 12.8 Å². The SMILES string of the molecule is Cc1ccccc1N1C[C@@H](C(=O)NC2CCC(C(C)(C)C)CC2)CC1=O. The Labute approximate surface area is 157 Å². The van der Waals surface area contributed by atoms with Crippen molar-refractivity contribution in [1.29, 1.82) is 0 Å². The fourth-order valence-corrected chi connectivity index (χ4v) is 4.41. The maximum atomic E-state index is 12.7. The van der Waals surface area contributed by atoms with Gasteiger partial charge in [0.1, 0.15) is 0 Å². The summed E-state index contributed by atoms with van der Waals surface area (Å²) in [5.41, 5.74) is 2.35. The number of benzene rings is 1. The zero-order valence-corrected chi connectivity index (χ0v) is 16.5. The molecule has 1 atom stereocenters. The second-order valence-electron chi connectivity index (χ2n) is 9.12. The average molecular weight is 357 g/mol. The quantitative estimate of drug-likeness (QED) is 0.887. The molecule has 2 amide bonds. The van der Waals surface area contributed by atoms with E-state index in [1.54, 1.807) is 4.90 Å². The van der Waals surface area contributed by atoms with Gasteiger partial charge in [-0.15, -0.1) is 0 Å². The van der Waals surface area contributed by atoms with E-state index < -0.39 is 0 Å². The minimum atomic E-state index is -0.234. The van der Waals surface area contributed by atoms with Gasteiger partial charge in [0.2, 0.25) is 11.8 Å². The Morgan fingerprint density at radius 1 is 1.12 bits per heavy atom. The van der Waals surface area contributed by atoms with E-state index in [0.29, 0.717) is 18.4 Å². The van der Waals surface area contributed by atoms with E-state index in [1.807, 2.05) is 31.2 Å². The summed E-state index contributed by atoms with van der Waals surface area (Å²) in [7, 11) is 0. The van der Waals surface area contributed by atoms with Crippen molar-refractivity contribution in [3.63, 3.8) is 0 Å². The molecule has 0 unspecified atom stereocenters. The average Bonchev–Trinajstić information content (AvgIpc) is 2.97. The van der Waals surface area contributed by atoms with Crippen molar-refractivity contribution >= 4 is 17.5 Å². The number of hydrogen-bond acceptors (Lipinski definition) is 2.